The van der Waals surface area contributed by atoms with Gasteiger partial charge in [0.15, 0.2) is 0 Å². The van der Waals surface area contributed by atoms with Crippen LogP contribution in [0.2, 0.25) is 0 Å². The maximum Gasteiger partial charge on any atom is 0.224 e. The highest BCUT2D eigenvalue weighted by Gasteiger charge is 2.00. The Hall–Kier alpha value is -0.830. The fourth-order valence-electron chi connectivity index (χ4n) is 1.09. The summed E-state index contributed by atoms with van der Waals surface area (Å²) in [5.41, 5.74) is 0.856. The molecule has 0 unspecified atom stereocenters. The lowest BCUT2D eigenvalue weighted by Gasteiger charge is -2.04. The predicted octanol–water partition coefficient (Wildman–Crippen LogP) is 3.58. The van der Waals surface area contributed by atoms with Gasteiger partial charge < -0.3 is 5.32 Å². The zero-order chi connectivity index (χ0) is 10.4. The summed E-state index contributed by atoms with van der Waals surface area (Å²) in [5.74, 6) is 0.0918. The van der Waals surface area contributed by atoms with Crippen molar-refractivity contribution in [1.82, 2.24) is 0 Å². The van der Waals surface area contributed by atoms with Crippen LogP contribution in [0.5, 0.6) is 0 Å². The van der Waals surface area contributed by atoms with Crippen LogP contribution in [0.4, 0.5) is 5.69 Å². The van der Waals surface area contributed by atoms with Gasteiger partial charge in [0.2, 0.25) is 5.91 Å². The first kappa shape index (κ1) is 11.2. The second-order valence-corrected chi connectivity index (χ2v) is 4.07. The fraction of sp³-hybridized carbons (Fsp3) is 0.364. The van der Waals surface area contributed by atoms with Gasteiger partial charge in [0.05, 0.1) is 0 Å². The quantitative estimate of drug-likeness (QED) is 0.876. The van der Waals surface area contributed by atoms with Crippen molar-refractivity contribution in [3.8, 4) is 0 Å². The summed E-state index contributed by atoms with van der Waals surface area (Å²) in [6.07, 6.45) is 2.60. The minimum Gasteiger partial charge on any atom is -0.326 e. The zero-order valence-corrected chi connectivity index (χ0v) is 9.80. The minimum atomic E-state index is 0.0918. The average Bonchev–Trinajstić information content (AvgIpc) is 2.18. The van der Waals surface area contributed by atoms with Gasteiger partial charge in [-0.15, -0.1) is 0 Å². The molecule has 1 aromatic rings. The molecule has 2 nitrogen and oxygen atoms in total. The summed E-state index contributed by atoms with van der Waals surface area (Å²) < 4.78 is 1.02. The molecular weight excluding hydrogens is 242 g/mol. The molecule has 0 aliphatic heterocycles. The van der Waals surface area contributed by atoms with Gasteiger partial charge in [-0.25, -0.2) is 0 Å². The van der Waals surface area contributed by atoms with Crippen molar-refractivity contribution in [2.24, 2.45) is 0 Å². The Morgan fingerprint density at radius 1 is 1.36 bits per heavy atom. The first-order chi connectivity index (χ1) is 6.72. The second-order valence-electron chi connectivity index (χ2n) is 3.16. The summed E-state index contributed by atoms with van der Waals surface area (Å²) in [4.78, 5) is 11.3. The monoisotopic (exact) mass is 255 g/mol. The van der Waals surface area contributed by atoms with E-state index in [4.69, 9.17) is 0 Å². The molecule has 0 aliphatic carbocycles. The van der Waals surface area contributed by atoms with Gasteiger partial charge in [-0.1, -0.05) is 29.3 Å². The SMILES string of the molecule is CCCCC(=O)Nc1ccc(Br)cc1. The summed E-state index contributed by atoms with van der Waals surface area (Å²) in [6, 6.07) is 7.59. The Bertz CT molecular complexity index is 295. The summed E-state index contributed by atoms with van der Waals surface area (Å²) in [5, 5.41) is 2.84. The highest BCUT2D eigenvalue weighted by atomic mass is 79.9. The molecule has 0 aliphatic rings. The van der Waals surface area contributed by atoms with Gasteiger partial charge in [0.25, 0.3) is 0 Å². The molecule has 1 amide bonds. The molecule has 0 fully saturated rings. The maximum absolute atomic E-state index is 11.3. The molecule has 3 heteroatoms. The first-order valence-electron chi connectivity index (χ1n) is 4.78. The van der Waals surface area contributed by atoms with Crippen molar-refractivity contribution in [3.05, 3.63) is 28.7 Å². The van der Waals surface area contributed by atoms with Crippen LogP contribution in [-0.4, -0.2) is 5.91 Å². The molecule has 0 spiro atoms. The number of anilines is 1. The van der Waals surface area contributed by atoms with Crippen molar-refractivity contribution in [1.29, 1.82) is 0 Å². The van der Waals surface area contributed by atoms with Gasteiger partial charge in [-0.2, -0.15) is 0 Å². The van der Waals surface area contributed by atoms with E-state index in [0.29, 0.717) is 6.42 Å². The maximum atomic E-state index is 11.3. The number of carbonyl (C=O) groups excluding carboxylic acids is 1. The third kappa shape index (κ3) is 3.92. The number of nitrogens with one attached hydrogen (secondary N) is 1. The molecule has 0 radical (unpaired) electrons. The van der Waals surface area contributed by atoms with Crippen LogP contribution < -0.4 is 5.32 Å². The molecule has 1 N–H and O–H groups in total. The minimum absolute atomic E-state index is 0.0918. The van der Waals surface area contributed by atoms with Crippen LogP contribution in [0.1, 0.15) is 26.2 Å². The number of halogens is 1. The summed E-state index contributed by atoms with van der Waals surface area (Å²) in [7, 11) is 0. The molecule has 76 valence electrons. The standard InChI is InChI=1S/C11H14BrNO/c1-2-3-4-11(14)13-10-7-5-9(12)6-8-10/h5-8H,2-4H2,1H3,(H,13,14). The van der Waals surface area contributed by atoms with E-state index in [1.807, 2.05) is 24.3 Å². The molecule has 1 rings (SSSR count). The van der Waals surface area contributed by atoms with Crippen LogP contribution in [-0.2, 0) is 4.79 Å². The lowest BCUT2D eigenvalue weighted by molar-refractivity contribution is -0.116. The first-order valence-corrected chi connectivity index (χ1v) is 5.57. The number of carbonyl (C=O) groups is 1. The van der Waals surface area contributed by atoms with E-state index in [1.165, 1.54) is 0 Å². The molecule has 0 aromatic heterocycles. The van der Waals surface area contributed by atoms with Crippen LogP contribution in [0, 0.1) is 0 Å². The molecule has 0 saturated heterocycles. The second kappa shape index (κ2) is 5.81. The number of benzene rings is 1. The van der Waals surface area contributed by atoms with Crippen LogP contribution in [0.25, 0.3) is 0 Å². The van der Waals surface area contributed by atoms with Crippen molar-refractivity contribution < 1.29 is 4.79 Å². The highest BCUT2D eigenvalue weighted by Crippen LogP contribution is 2.14. The highest BCUT2D eigenvalue weighted by molar-refractivity contribution is 9.10. The van der Waals surface area contributed by atoms with Gasteiger partial charge in [0.1, 0.15) is 0 Å². The Morgan fingerprint density at radius 2 is 2.00 bits per heavy atom. The largest absolute Gasteiger partial charge is 0.326 e. The number of amides is 1. The molecule has 14 heavy (non-hydrogen) atoms. The molecule has 0 bridgehead atoms. The molecule has 0 saturated carbocycles. The Kier molecular flexibility index (Phi) is 4.66. The van der Waals surface area contributed by atoms with Crippen molar-refractivity contribution >= 4 is 27.5 Å². The van der Waals surface area contributed by atoms with Crippen molar-refractivity contribution in [2.45, 2.75) is 26.2 Å². The summed E-state index contributed by atoms with van der Waals surface area (Å²) >= 11 is 3.34. The lowest BCUT2D eigenvalue weighted by Crippen LogP contribution is -2.10. The lowest BCUT2D eigenvalue weighted by atomic mass is 10.2. The van der Waals surface area contributed by atoms with E-state index in [0.717, 1.165) is 23.0 Å². The van der Waals surface area contributed by atoms with E-state index in [9.17, 15) is 4.79 Å². The summed E-state index contributed by atoms with van der Waals surface area (Å²) in [6.45, 7) is 2.08. The van der Waals surface area contributed by atoms with Gasteiger partial charge in [-0.3, -0.25) is 4.79 Å². The van der Waals surface area contributed by atoms with Crippen molar-refractivity contribution in [3.63, 3.8) is 0 Å². The van der Waals surface area contributed by atoms with E-state index >= 15 is 0 Å². The third-order valence-corrected chi connectivity index (χ3v) is 2.41. The van der Waals surface area contributed by atoms with Gasteiger partial charge in [0, 0.05) is 16.6 Å². The third-order valence-electron chi connectivity index (χ3n) is 1.89. The topological polar surface area (TPSA) is 29.1 Å². The molecule has 1 aromatic carbocycles. The zero-order valence-electron chi connectivity index (χ0n) is 8.22. The Balaban J connectivity index is 2.44. The van der Waals surface area contributed by atoms with Crippen LogP contribution in [0.3, 0.4) is 0 Å². The number of hydrogen-bond acceptors (Lipinski definition) is 1. The van der Waals surface area contributed by atoms with Gasteiger partial charge >= 0.3 is 0 Å². The molecule has 0 atom stereocenters. The normalized spacial score (nSPS) is 9.86. The Morgan fingerprint density at radius 3 is 2.57 bits per heavy atom. The number of hydrogen-bond donors (Lipinski definition) is 1. The van der Waals surface area contributed by atoms with Gasteiger partial charge in [-0.05, 0) is 30.7 Å². The number of rotatable bonds is 4. The fourth-order valence-corrected chi connectivity index (χ4v) is 1.36. The Labute approximate surface area is 92.8 Å². The van der Waals surface area contributed by atoms with E-state index < -0.39 is 0 Å². The number of unbranched alkanes of at least 4 members (excludes halogenated alkanes) is 1. The van der Waals surface area contributed by atoms with Crippen molar-refractivity contribution in [2.75, 3.05) is 5.32 Å². The molecular formula is C11H14BrNO. The van der Waals surface area contributed by atoms with E-state index in [1.54, 1.807) is 0 Å². The predicted molar refractivity (Wildman–Crippen MR) is 62.3 cm³/mol. The average molecular weight is 256 g/mol. The van der Waals surface area contributed by atoms with Crippen LogP contribution >= 0.6 is 15.9 Å². The van der Waals surface area contributed by atoms with E-state index in [2.05, 4.69) is 28.2 Å². The smallest absolute Gasteiger partial charge is 0.224 e. The van der Waals surface area contributed by atoms with E-state index in [-0.39, 0.29) is 5.91 Å². The van der Waals surface area contributed by atoms with Crippen LogP contribution in [0.15, 0.2) is 28.7 Å². The molecule has 0 heterocycles.